The lowest BCUT2D eigenvalue weighted by molar-refractivity contribution is 0.0888. The zero-order valence-electron chi connectivity index (χ0n) is 14.6. The Morgan fingerprint density at radius 1 is 1.12 bits per heavy atom. The molecule has 2 amide bonds. The van der Waals surface area contributed by atoms with Gasteiger partial charge in [-0.3, -0.25) is 4.79 Å². The van der Waals surface area contributed by atoms with E-state index in [4.69, 9.17) is 4.74 Å². The maximum Gasteiger partial charge on any atom is 0.409 e. The molecule has 2 heterocycles. The van der Waals surface area contributed by atoms with E-state index in [1.807, 2.05) is 24.3 Å². The third-order valence-electron chi connectivity index (χ3n) is 5.04. The third-order valence-corrected chi connectivity index (χ3v) is 5.04. The van der Waals surface area contributed by atoms with Crippen LogP contribution in [0.2, 0.25) is 0 Å². The Bertz CT molecular complexity index is 971. The minimum absolute atomic E-state index is 0.0616. The molecule has 134 valence electrons. The number of carbonyl (C=O) groups is 2. The van der Waals surface area contributed by atoms with Crippen molar-refractivity contribution in [1.29, 1.82) is 0 Å². The van der Waals surface area contributed by atoms with Gasteiger partial charge in [0, 0.05) is 30.0 Å². The Hall–Kier alpha value is -3.02. The number of ether oxygens (including phenoxy) is 1. The minimum atomic E-state index is -0.308. The van der Waals surface area contributed by atoms with Gasteiger partial charge in [0.2, 0.25) is 0 Å². The van der Waals surface area contributed by atoms with Gasteiger partial charge in [0.15, 0.2) is 0 Å². The van der Waals surface area contributed by atoms with Crippen LogP contribution in [-0.4, -0.2) is 48.1 Å². The minimum Gasteiger partial charge on any atom is -0.453 e. The van der Waals surface area contributed by atoms with Crippen molar-refractivity contribution in [2.24, 2.45) is 0 Å². The fraction of sp³-hybridized carbons (Fsp3) is 0.300. The second-order valence-electron chi connectivity index (χ2n) is 6.64. The Morgan fingerprint density at radius 3 is 2.65 bits per heavy atom. The smallest absolute Gasteiger partial charge is 0.409 e. The number of hydrogen-bond acceptors (Lipinski definition) is 3. The van der Waals surface area contributed by atoms with Crippen LogP contribution in [0.1, 0.15) is 23.3 Å². The van der Waals surface area contributed by atoms with E-state index in [9.17, 15) is 9.59 Å². The lowest BCUT2D eigenvalue weighted by atomic mass is 10.1. The van der Waals surface area contributed by atoms with Crippen molar-refractivity contribution in [3.63, 3.8) is 0 Å². The van der Waals surface area contributed by atoms with Crippen LogP contribution in [0.15, 0.2) is 42.5 Å². The van der Waals surface area contributed by atoms with Crippen LogP contribution in [0, 0.1) is 0 Å². The summed E-state index contributed by atoms with van der Waals surface area (Å²) >= 11 is 0. The van der Waals surface area contributed by atoms with Crippen molar-refractivity contribution >= 4 is 33.7 Å². The molecular formula is C20H21N3O3. The van der Waals surface area contributed by atoms with Gasteiger partial charge >= 0.3 is 6.09 Å². The van der Waals surface area contributed by atoms with Gasteiger partial charge < -0.3 is 19.9 Å². The highest BCUT2D eigenvalue weighted by molar-refractivity contribution is 6.09. The highest BCUT2D eigenvalue weighted by Gasteiger charge is 2.25. The van der Waals surface area contributed by atoms with Gasteiger partial charge in [0.05, 0.1) is 7.11 Å². The van der Waals surface area contributed by atoms with E-state index in [0.717, 1.165) is 34.5 Å². The number of rotatable bonds is 2. The van der Waals surface area contributed by atoms with E-state index in [-0.39, 0.29) is 18.0 Å². The molecule has 1 aliphatic rings. The molecular weight excluding hydrogens is 330 g/mol. The molecule has 0 saturated carbocycles. The van der Waals surface area contributed by atoms with Crippen molar-refractivity contribution in [1.82, 2.24) is 15.2 Å². The molecule has 0 unspecified atom stereocenters. The van der Waals surface area contributed by atoms with Crippen molar-refractivity contribution in [2.45, 2.75) is 18.9 Å². The molecule has 1 fully saturated rings. The van der Waals surface area contributed by atoms with Gasteiger partial charge in [-0.15, -0.1) is 0 Å². The lowest BCUT2D eigenvalue weighted by Gasteiger charge is -2.31. The summed E-state index contributed by atoms with van der Waals surface area (Å²) in [5.41, 5.74) is 1.51. The van der Waals surface area contributed by atoms with Gasteiger partial charge in [-0.25, -0.2) is 4.79 Å². The van der Waals surface area contributed by atoms with Crippen LogP contribution in [-0.2, 0) is 4.74 Å². The summed E-state index contributed by atoms with van der Waals surface area (Å²) in [6.07, 6.45) is 1.14. The number of piperidine rings is 1. The molecule has 0 radical (unpaired) electrons. The molecule has 0 atom stereocenters. The van der Waals surface area contributed by atoms with E-state index in [1.54, 1.807) is 4.90 Å². The van der Waals surface area contributed by atoms with Crippen molar-refractivity contribution < 1.29 is 14.3 Å². The summed E-state index contributed by atoms with van der Waals surface area (Å²) in [7, 11) is 1.38. The van der Waals surface area contributed by atoms with Crippen molar-refractivity contribution in [3.05, 3.63) is 48.2 Å². The van der Waals surface area contributed by atoms with Crippen LogP contribution < -0.4 is 5.32 Å². The molecule has 2 N–H and O–H groups in total. The first-order valence-corrected chi connectivity index (χ1v) is 8.80. The number of carbonyl (C=O) groups excluding carboxylic acids is 2. The van der Waals surface area contributed by atoms with Gasteiger partial charge in [-0.1, -0.05) is 30.3 Å². The predicted molar refractivity (Wildman–Crippen MR) is 100 cm³/mol. The second kappa shape index (κ2) is 6.71. The molecule has 1 aromatic heterocycles. The van der Waals surface area contributed by atoms with Crippen molar-refractivity contribution in [3.8, 4) is 0 Å². The first-order chi connectivity index (χ1) is 12.7. The molecule has 26 heavy (non-hydrogen) atoms. The average Bonchev–Trinajstić information content (AvgIpc) is 3.13. The van der Waals surface area contributed by atoms with Gasteiger partial charge in [-0.05, 0) is 35.7 Å². The molecule has 1 aliphatic heterocycles. The lowest BCUT2D eigenvalue weighted by Crippen LogP contribution is -2.46. The zero-order valence-corrected chi connectivity index (χ0v) is 14.6. The molecule has 0 bridgehead atoms. The van der Waals surface area contributed by atoms with Gasteiger partial charge in [0.1, 0.15) is 5.69 Å². The number of hydrogen-bond donors (Lipinski definition) is 2. The van der Waals surface area contributed by atoms with E-state index in [1.165, 1.54) is 7.11 Å². The topological polar surface area (TPSA) is 74.4 Å². The largest absolute Gasteiger partial charge is 0.453 e. The average molecular weight is 351 g/mol. The maximum atomic E-state index is 12.6. The standard InChI is InChI=1S/C20H21N3O3/c1-26-20(25)23-10-8-14(9-11-23)21-19(24)18-12-16-15-5-3-2-4-13(15)6-7-17(16)22-18/h2-7,12,14,22H,8-11H2,1H3,(H,21,24). The fourth-order valence-corrected chi connectivity index (χ4v) is 3.61. The number of aromatic nitrogens is 1. The SMILES string of the molecule is COC(=O)N1CCC(NC(=O)c2cc3c(ccc4ccccc43)[nH]2)CC1. The normalized spacial score (nSPS) is 15.3. The number of benzene rings is 2. The quantitative estimate of drug-likeness (QED) is 0.744. The summed E-state index contributed by atoms with van der Waals surface area (Å²) in [6, 6.07) is 14.2. The molecule has 1 saturated heterocycles. The van der Waals surface area contributed by atoms with Crippen LogP contribution in [0.3, 0.4) is 0 Å². The number of methoxy groups -OCH3 is 1. The van der Waals surface area contributed by atoms with Crippen LogP contribution in [0.5, 0.6) is 0 Å². The zero-order chi connectivity index (χ0) is 18.1. The molecule has 6 nitrogen and oxygen atoms in total. The number of nitrogens with zero attached hydrogens (tertiary/aromatic N) is 1. The number of amides is 2. The number of likely N-dealkylation sites (tertiary alicyclic amines) is 1. The predicted octanol–water partition coefficient (Wildman–Crippen LogP) is 3.28. The van der Waals surface area contributed by atoms with Gasteiger partial charge in [-0.2, -0.15) is 0 Å². The van der Waals surface area contributed by atoms with E-state index in [0.29, 0.717) is 18.8 Å². The van der Waals surface area contributed by atoms with Crippen LogP contribution >= 0.6 is 0 Å². The summed E-state index contributed by atoms with van der Waals surface area (Å²) in [5, 5.41) is 6.41. The first kappa shape index (κ1) is 16.4. The maximum absolute atomic E-state index is 12.6. The Kier molecular flexibility index (Phi) is 4.24. The number of nitrogens with one attached hydrogen (secondary N) is 2. The highest BCUT2D eigenvalue weighted by Crippen LogP contribution is 2.26. The number of aromatic amines is 1. The van der Waals surface area contributed by atoms with Crippen molar-refractivity contribution in [2.75, 3.05) is 20.2 Å². The Labute approximate surface area is 151 Å². The molecule has 0 aliphatic carbocycles. The summed E-state index contributed by atoms with van der Waals surface area (Å²) < 4.78 is 4.74. The number of H-pyrrole nitrogens is 1. The molecule has 2 aromatic carbocycles. The second-order valence-corrected chi connectivity index (χ2v) is 6.64. The number of fused-ring (bicyclic) bond motifs is 3. The Morgan fingerprint density at radius 2 is 1.88 bits per heavy atom. The third kappa shape index (κ3) is 2.98. The molecule has 3 aromatic rings. The Balaban J connectivity index is 1.49. The van der Waals surface area contributed by atoms with Gasteiger partial charge in [0.25, 0.3) is 5.91 Å². The van der Waals surface area contributed by atoms with E-state index in [2.05, 4.69) is 28.5 Å². The summed E-state index contributed by atoms with van der Waals surface area (Å²) in [6.45, 7) is 1.18. The van der Waals surface area contributed by atoms with E-state index < -0.39 is 0 Å². The fourth-order valence-electron chi connectivity index (χ4n) is 3.61. The van der Waals surface area contributed by atoms with E-state index >= 15 is 0 Å². The van der Waals surface area contributed by atoms with Crippen LogP contribution in [0.4, 0.5) is 4.79 Å². The molecule has 0 spiro atoms. The summed E-state index contributed by atoms with van der Waals surface area (Å²) in [4.78, 5) is 29.1. The highest BCUT2D eigenvalue weighted by atomic mass is 16.5. The molecule has 4 rings (SSSR count). The summed E-state index contributed by atoms with van der Waals surface area (Å²) in [5.74, 6) is -0.109. The monoisotopic (exact) mass is 351 g/mol. The van der Waals surface area contributed by atoms with Crippen LogP contribution in [0.25, 0.3) is 21.7 Å². The molecule has 6 heteroatoms. The first-order valence-electron chi connectivity index (χ1n) is 8.80.